The molecule has 1 aliphatic heterocycles. The van der Waals surface area contributed by atoms with E-state index in [0.29, 0.717) is 24.0 Å². The molecule has 0 saturated heterocycles. The fraction of sp³-hybridized carbons (Fsp3) is 0.417. The Morgan fingerprint density at radius 3 is 2.27 bits per heavy atom. The largest absolute Gasteiger partial charge is 0.463 e. The van der Waals surface area contributed by atoms with Gasteiger partial charge in [-0.2, -0.15) is 5.10 Å². The Morgan fingerprint density at radius 2 is 1.79 bits per heavy atom. The van der Waals surface area contributed by atoms with Gasteiger partial charge in [0, 0.05) is 11.8 Å². The van der Waals surface area contributed by atoms with Crippen LogP contribution < -0.4 is 11.2 Å². The summed E-state index contributed by atoms with van der Waals surface area (Å²) in [4.78, 5) is 27.3. The zero-order chi connectivity index (χ0) is 25.8. The number of hydrogen-bond donors (Lipinski definition) is 2. The number of nitrogens with two attached hydrogens (primary N) is 1. The van der Waals surface area contributed by atoms with E-state index >= 15 is 0 Å². The molecule has 1 heterocycles. The summed E-state index contributed by atoms with van der Waals surface area (Å²) in [6.45, 7) is 18.1. The predicted molar refractivity (Wildman–Crippen MR) is 135 cm³/mol. The molecule has 9 heteroatoms. The van der Waals surface area contributed by atoms with Gasteiger partial charge in [-0.05, 0) is 32.4 Å². The summed E-state index contributed by atoms with van der Waals surface area (Å²) in [6, 6.07) is 7.76. The van der Waals surface area contributed by atoms with Gasteiger partial charge in [-0.15, -0.1) is 0 Å². The van der Waals surface area contributed by atoms with Gasteiger partial charge in [0.25, 0.3) is 0 Å². The number of nitrogens with one attached hydrogen (secondary N) is 1. The third-order valence-corrected chi connectivity index (χ3v) is 3.39. The molecule has 0 saturated carbocycles. The SMILES string of the molecule is C=C1C=NNC(=Nc2ccccc2C)N1/C(C)=C/C(=O)OCC.CC.CCC.COC(N)=O. The van der Waals surface area contributed by atoms with Crippen molar-refractivity contribution >= 4 is 29.9 Å². The Kier molecular flexibility index (Phi) is 18.3. The van der Waals surface area contributed by atoms with E-state index in [1.54, 1.807) is 25.0 Å². The number of rotatable bonds is 4. The van der Waals surface area contributed by atoms with Crippen molar-refractivity contribution in [3.63, 3.8) is 0 Å². The molecular weight excluding hydrogens is 422 g/mol. The number of benzene rings is 1. The second-order valence-electron chi connectivity index (χ2n) is 6.19. The van der Waals surface area contributed by atoms with Crippen LogP contribution >= 0.6 is 0 Å². The topological polar surface area (TPSA) is 119 Å². The fourth-order valence-corrected chi connectivity index (χ4v) is 2.10. The Balaban J connectivity index is 0. The lowest BCUT2D eigenvalue weighted by Crippen LogP contribution is -2.41. The summed E-state index contributed by atoms with van der Waals surface area (Å²) in [5.41, 5.74) is 10.4. The van der Waals surface area contributed by atoms with Crippen molar-refractivity contribution < 1.29 is 19.1 Å². The lowest BCUT2D eigenvalue weighted by molar-refractivity contribution is -0.137. The molecule has 1 aromatic carbocycles. The highest BCUT2D eigenvalue weighted by Gasteiger charge is 2.20. The first-order chi connectivity index (χ1) is 15.7. The standard InChI is InChI=1S/C17H20N4O2.C3H8.C2H5NO2.C2H6/c1-5-23-16(22)10-13(3)21-14(4)11-18-20-17(21)19-15-9-7-6-8-12(15)2;1-3-2;1-5-2(3)4;1-2/h6-11H,4-5H2,1-3H3,(H,19,20);3H2,1-2H3;1H3,(H2,3,4);1-2H3/b13-10+;;;. The van der Waals surface area contributed by atoms with E-state index in [-0.39, 0.29) is 0 Å². The Bertz CT molecular complexity index is 832. The molecule has 0 fully saturated rings. The molecule has 184 valence electrons. The number of methoxy groups -OCH3 is 1. The lowest BCUT2D eigenvalue weighted by Gasteiger charge is -2.28. The minimum atomic E-state index is -0.745. The Labute approximate surface area is 198 Å². The summed E-state index contributed by atoms with van der Waals surface area (Å²) in [5, 5.41) is 4.02. The molecule has 33 heavy (non-hydrogen) atoms. The van der Waals surface area contributed by atoms with Crippen molar-refractivity contribution in [2.24, 2.45) is 15.8 Å². The summed E-state index contributed by atoms with van der Waals surface area (Å²) in [6.07, 6.45) is 3.48. The van der Waals surface area contributed by atoms with Crippen molar-refractivity contribution in [1.29, 1.82) is 0 Å². The van der Waals surface area contributed by atoms with Crippen LogP contribution in [0.5, 0.6) is 0 Å². The van der Waals surface area contributed by atoms with Crippen LogP contribution in [0.2, 0.25) is 0 Å². The quantitative estimate of drug-likeness (QED) is 0.481. The minimum Gasteiger partial charge on any atom is -0.463 e. The van der Waals surface area contributed by atoms with Crippen LogP contribution in [0, 0.1) is 6.92 Å². The van der Waals surface area contributed by atoms with Crippen LogP contribution in [0.15, 0.2) is 58.4 Å². The molecule has 1 aliphatic rings. The molecule has 0 unspecified atom stereocenters. The number of aliphatic imine (C=N–C) groups is 1. The molecule has 0 aromatic heterocycles. The maximum absolute atomic E-state index is 11.7. The van der Waals surface area contributed by atoms with Gasteiger partial charge in [0.05, 0.1) is 31.3 Å². The summed E-state index contributed by atoms with van der Waals surface area (Å²) < 4.78 is 8.83. The van der Waals surface area contributed by atoms with Crippen LogP contribution in [0.25, 0.3) is 0 Å². The van der Waals surface area contributed by atoms with Crippen molar-refractivity contribution in [3.05, 3.63) is 53.9 Å². The van der Waals surface area contributed by atoms with E-state index in [2.05, 4.69) is 46.4 Å². The number of carbonyl (C=O) groups excluding carboxylic acids is 2. The van der Waals surface area contributed by atoms with Gasteiger partial charge < -0.3 is 15.2 Å². The average Bonchev–Trinajstić information content (AvgIpc) is 2.78. The minimum absolute atomic E-state index is 0.327. The number of carbonyl (C=O) groups is 2. The number of esters is 1. The van der Waals surface area contributed by atoms with Crippen LogP contribution in [-0.2, 0) is 14.3 Å². The molecule has 9 nitrogen and oxygen atoms in total. The van der Waals surface area contributed by atoms with Gasteiger partial charge in [0.2, 0.25) is 5.96 Å². The van der Waals surface area contributed by atoms with Crippen LogP contribution in [0.1, 0.15) is 53.5 Å². The highest BCUT2D eigenvalue weighted by molar-refractivity contribution is 5.96. The number of allylic oxidation sites excluding steroid dienone is 2. The van der Waals surface area contributed by atoms with Gasteiger partial charge in [0.15, 0.2) is 0 Å². The molecular formula is C24H39N5O4. The summed E-state index contributed by atoms with van der Waals surface area (Å²) >= 11 is 0. The fourth-order valence-electron chi connectivity index (χ4n) is 2.10. The number of nitrogens with zero attached hydrogens (tertiary/aromatic N) is 3. The zero-order valence-electron chi connectivity index (χ0n) is 21.1. The molecule has 0 radical (unpaired) electrons. The smallest absolute Gasteiger partial charge is 0.404 e. The number of para-hydroxylation sites is 1. The van der Waals surface area contributed by atoms with Crippen molar-refractivity contribution in [1.82, 2.24) is 10.3 Å². The van der Waals surface area contributed by atoms with Crippen LogP contribution in [-0.4, -0.2) is 42.9 Å². The highest BCUT2D eigenvalue weighted by atomic mass is 16.5. The predicted octanol–water partition coefficient (Wildman–Crippen LogP) is 5.01. The zero-order valence-corrected chi connectivity index (χ0v) is 21.1. The molecule has 0 bridgehead atoms. The average molecular weight is 462 g/mol. The number of guanidine groups is 1. The van der Waals surface area contributed by atoms with Gasteiger partial charge >= 0.3 is 12.1 Å². The van der Waals surface area contributed by atoms with Gasteiger partial charge in [-0.3, -0.25) is 4.90 Å². The first-order valence-corrected chi connectivity index (χ1v) is 10.8. The molecule has 0 aliphatic carbocycles. The molecule has 3 N–H and O–H groups in total. The van der Waals surface area contributed by atoms with E-state index < -0.39 is 12.1 Å². The maximum atomic E-state index is 11.7. The number of aryl methyl sites for hydroxylation is 1. The van der Waals surface area contributed by atoms with Crippen LogP contribution in [0.3, 0.4) is 0 Å². The van der Waals surface area contributed by atoms with E-state index in [9.17, 15) is 9.59 Å². The van der Waals surface area contributed by atoms with Crippen LogP contribution in [0.4, 0.5) is 10.5 Å². The molecule has 2 rings (SSSR count). The normalized spacial score (nSPS) is 13.2. The highest BCUT2D eigenvalue weighted by Crippen LogP contribution is 2.21. The molecule has 1 aromatic rings. The third kappa shape index (κ3) is 13.4. The van der Waals surface area contributed by atoms with Crippen molar-refractivity contribution in [2.75, 3.05) is 13.7 Å². The Hall–Kier alpha value is -3.62. The number of primary amides is 1. The lowest BCUT2D eigenvalue weighted by atomic mass is 10.2. The third-order valence-electron chi connectivity index (χ3n) is 3.39. The second-order valence-corrected chi connectivity index (χ2v) is 6.19. The van der Waals surface area contributed by atoms with Gasteiger partial charge in [-0.25, -0.2) is 20.0 Å². The summed E-state index contributed by atoms with van der Waals surface area (Å²) in [5.74, 6) is 0.0698. The summed E-state index contributed by atoms with van der Waals surface area (Å²) in [7, 11) is 1.22. The van der Waals surface area contributed by atoms with E-state index in [1.807, 2.05) is 45.0 Å². The molecule has 1 amide bonds. The van der Waals surface area contributed by atoms with Gasteiger partial charge in [0.1, 0.15) is 0 Å². The first kappa shape index (κ1) is 31.6. The molecule has 0 atom stereocenters. The molecule has 0 spiro atoms. The monoisotopic (exact) mass is 461 g/mol. The Morgan fingerprint density at radius 1 is 1.24 bits per heavy atom. The number of ether oxygens (including phenoxy) is 2. The van der Waals surface area contributed by atoms with Crippen molar-refractivity contribution in [2.45, 2.75) is 54.9 Å². The number of amides is 1. The number of hydrogen-bond acceptors (Lipinski definition) is 6. The number of hydrazone groups is 1. The van der Waals surface area contributed by atoms with E-state index in [0.717, 1.165) is 11.3 Å². The maximum Gasteiger partial charge on any atom is 0.404 e. The first-order valence-electron chi connectivity index (χ1n) is 10.8. The van der Waals surface area contributed by atoms with E-state index in [4.69, 9.17) is 4.74 Å². The van der Waals surface area contributed by atoms with E-state index in [1.165, 1.54) is 19.6 Å². The second kappa shape index (κ2) is 19.1. The van der Waals surface area contributed by atoms with Gasteiger partial charge in [-0.1, -0.05) is 58.9 Å². The van der Waals surface area contributed by atoms with Crippen molar-refractivity contribution in [3.8, 4) is 0 Å².